The first kappa shape index (κ1) is 19.2. The number of nitrogens with zero attached hydrogens (tertiary/aromatic N) is 4. The average molecular weight is 397 g/mol. The highest BCUT2D eigenvalue weighted by molar-refractivity contribution is 5.52. The topological polar surface area (TPSA) is 91.2 Å². The zero-order valence-electron chi connectivity index (χ0n) is 15.8. The number of fused-ring (bicyclic) bond motifs is 1. The summed E-state index contributed by atoms with van der Waals surface area (Å²) >= 11 is 0. The smallest absolute Gasteiger partial charge is 0.254 e. The van der Waals surface area contributed by atoms with Crippen LogP contribution in [0.15, 0.2) is 47.7 Å². The van der Waals surface area contributed by atoms with Gasteiger partial charge < -0.3 is 14.8 Å². The van der Waals surface area contributed by atoms with Crippen molar-refractivity contribution in [1.29, 1.82) is 0 Å². The molecule has 0 saturated heterocycles. The molecule has 0 radical (unpaired) electrons. The average Bonchev–Trinajstić information content (AvgIpc) is 2.96. The van der Waals surface area contributed by atoms with Crippen LogP contribution < -0.4 is 15.6 Å². The predicted octanol–water partition coefficient (Wildman–Crippen LogP) is 1.71. The van der Waals surface area contributed by atoms with Gasteiger partial charge in [-0.3, -0.25) is 9.36 Å². The lowest BCUT2D eigenvalue weighted by molar-refractivity contribution is 0.117. The van der Waals surface area contributed by atoms with Crippen LogP contribution in [0.1, 0.15) is 17.4 Å². The normalized spacial score (nSPS) is 16.1. The number of benzene rings is 1. The third kappa shape index (κ3) is 4.15. The Balaban J connectivity index is 1.66. The standard InChI is InChI=1S/C20H20FN5O3/c1-28-18-8-14(21)3-2-13(18)10-23-17-11-29-7-6-26-19(27)9-16(25-20(17)26)15-4-5-22-12-24-15/h2-5,8-9,12,17,23H,6-7,10-11H2,1H3. The minimum absolute atomic E-state index is 0.166. The van der Waals surface area contributed by atoms with Crippen molar-refractivity contribution in [2.75, 3.05) is 20.3 Å². The van der Waals surface area contributed by atoms with Crippen molar-refractivity contribution in [3.63, 3.8) is 0 Å². The molecule has 1 aliphatic heterocycles. The molecule has 1 atom stereocenters. The van der Waals surface area contributed by atoms with Crippen molar-refractivity contribution in [3.8, 4) is 17.1 Å². The van der Waals surface area contributed by atoms with Crippen LogP contribution in [0.3, 0.4) is 0 Å². The zero-order valence-corrected chi connectivity index (χ0v) is 15.8. The van der Waals surface area contributed by atoms with E-state index in [1.165, 1.54) is 31.6 Å². The van der Waals surface area contributed by atoms with E-state index in [-0.39, 0.29) is 17.4 Å². The molecule has 0 saturated carbocycles. The molecular formula is C20H20FN5O3. The van der Waals surface area contributed by atoms with Crippen LogP contribution in [-0.4, -0.2) is 39.8 Å². The van der Waals surface area contributed by atoms with E-state index in [1.807, 2.05) is 0 Å². The monoisotopic (exact) mass is 397 g/mol. The van der Waals surface area contributed by atoms with Gasteiger partial charge in [-0.25, -0.2) is 19.3 Å². The molecule has 1 unspecified atom stereocenters. The number of rotatable bonds is 5. The highest BCUT2D eigenvalue weighted by Gasteiger charge is 2.23. The quantitative estimate of drug-likeness (QED) is 0.701. The number of methoxy groups -OCH3 is 1. The summed E-state index contributed by atoms with van der Waals surface area (Å²) in [6.45, 7) is 1.58. The number of nitrogens with one attached hydrogen (secondary N) is 1. The van der Waals surface area contributed by atoms with Gasteiger partial charge in [0.05, 0.1) is 44.3 Å². The first-order valence-electron chi connectivity index (χ1n) is 9.17. The Hall–Kier alpha value is -3.17. The Morgan fingerprint density at radius 1 is 1.31 bits per heavy atom. The number of hydrogen-bond acceptors (Lipinski definition) is 7. The Kier molecular flexibility index (Phi) is 5.59. The van der Waals surface area contributed by atoms with Gasteiger partial charge in [0, 0.05) is 30.4 Å². The predicted molar refractivity (Wildman–Crippen MR) is 103 cm³/mol. The molecule has 0 fully saturated rings. The molecule has 3 heterocycles. The van der Waals surface area contributed by atoms with Gasteiger partial charge >= 0.3 is 0 Å². The van der Waals surface area contributed by atoms with Crippen molar-refractivity contribution in [2.24, 2.45) is 0 Å². The SMILES string of the molecule is COc1cc(F)ccc1CNC1COCCn2c1nc(-c1ccncn1)cc2=O. The van der Waals surface area contributed by atoms with E-state index >= 15 is 0 Å². The molecule has 1 N–H and O–H groups in total. The zero-order chi connectivity index (χ0) is 20.2. The Morgan fingerprint density at radius 3 is 3.00 bits per heavy atom. The molecule has 9 heteroatoms. The van der Waals surface area contributed by atoms with Gasteiger partial charge in [-0.15, -0.1) is 0 Å². The summed E-state index contributed by atoms with van der Waals surface area (Å²) in [5.41, 5.74) is 1.68. The van der Waals surface area contributed by atoms with Crippen molar-refractivity contribution in [3.05, 3.63) is 70.4 Å². The summed E-state index contributed by atoms with van der Waals surface area (Å²) < 4.78 is 26.0. The Bertz CT molecular complexity index is 1060. The largest absolute Gasteiger partial charge is 0.496 e. The summed E-state index contributed by atoms with van der Waals surface area (Å²) in [6.07, 6.45) is 3.02. The second-order valence-electron chi connectivity index (χ2n) is 6.55. The van der Waals surface area contributed by atoms with Gasteiger partial charge in [0.25, 0.3) is 5.56 Å². The fourth-order valence-electron chi connectivity index (χ4n) is 3.27. The molecular weight excluding hydrogens is 377 g/mol. The molecule has 29 heavy (non-hydrogen) atoms. The van der Waals surface area contributed by atoms with E-state index in [4.69, 9.17) is 14.5 Å². The molecule has 0 bridgehead atoms. The van der Waals surface area contributed by atoms with Crippen LogP contribution in [0.4, 0.5) is 4.39 Å². The maximum absolute atomic E-state index is 13.5. The van der Waals surface area contributed by atoms with Crippen molar-refractivity contribution in [2.45, 2.75) is 19.1 Å². The highest BCUT2D eigenvalue weighted by Crippen LogP contribution is 2.22. The summed E-state index contributed by atoms with van der Waals surface area (Å²) in [4.78, 5) is 25.5. The third-order valence-electron chi connectivity index (χ3n) is 4.73. The number of ether oxygens (including phenoxy) is 2. The van der Waals surface area contributed by atoms with Crippen LogP contribution in [0, 0.1) is 5.82 Å². The van der Waals surface area contributed by atoms with E-state index in [0.717, 1.165) is 5.56 Å². The number of halogens is 1. The van der Waals surface area contributed by atoms with Crippen LogP contribution in [0.5, 0.6) is 5.75 Å². The lowest BCUT2D eigenvalue weighted by Gasteiger charge is -2.19. The van der Waals surface area contributed by atoms with Crippen molar-refractivity contribution >= 4 is 0 Å². The van der Waals surface area contributed by atoms with Gasteiger partial charge in [-0.2, -0.15) is 0 Å². The minimum atomic E-state index is -0.364. The fourth-order valence-corrected chi connectivity index (χ4v) is 3.27. The summed E-state index contributed by atoms with van der Waals surface area (Å²) in [5.74, 6) is 0.660. The molecule has 150 valence electrons. The second kappa shape index (κ2) is 8.46. The molecule has 1 aromatic carbocycles. The van der Waals surface area contributed by atoms with Gasteiger partial charge in [0.1, 0.15) is 23.7 Å². The molecule has 0 spiro atoms. The summed E-state index contributed by atoms with van der Waals surface area (Å²) in [7, 11) is 1.50. The maximum Gasteiger partial charge on any atom is 0.254 e. The Labute approximate surface area is 166 Å². The lowest BCUT2D eigenvalue weighted by atomic mass is 10.1. The molecule has 4 rings (SSSR count). The van der Waals surface area contributed by atoms with Gasteiger partial charge in [-0.05, 0) is 12.1 Å². The maximum atomic E-state index is 13.5. The first-order valence-corrected chi connectivity index (χ1v) is 9.17. The van der Waals surface area contributed by atoms with Gasteiger partial charge in [0.15, 0.2) is 0 Å². The first-order chi connectivity index (χ1) is 14.2. The summed E-state index contributed by atoms with van der Waals surface area (Å²) in [5, 5.41) is 3.35. The molecule has 0 amide bonds. The van der Waals surface area contributed by atoms with Crippen LogP contribution in [-0.2, 0) is 17.8 Å². The fraction of sp³-hybridized carbons (Fsp3) is 0.300. The highest BCUT2D eigenvalue weighted by atomic mass is 19.1. The van der Waals surface area contributed by atoms with Crippen LogP contribution in [0.25, 0.3) is 11.4 Å². The minimum Gasteiger partial charge on any atom is -0.496 e. The van der Waals surface area contributed by atoms with Crippen LogP contribution >= 0.6 is 0 Å². The number of hydrogen-bond donors (Lipinski definition) is 1. The molecule has 0 aliphatic carbocycles. The van der Waals surface area contributed by atoms with Crippen molar-refractivity contribution < 1.29 is 13.9 Å². The van der Waals surface area contributed by atoms with E-state index in [9.17, 15) is 9.18 Å². The second-order valence-corrected chi connectivity index (χ2v) is 6.55. The molecule has 3 aromatic rings. The van der Waals surface area contributed by atoms with E-state index < -0.39 is 0 Å². The molecule has 1 aliphatic rings. The van der Waals surface area contributed by atoms with Gasteiger partial charge in [-0.1, -0.05) is 6.07 Å². The van der Waals surface area contributed by atoms with Crippen molar-refractivity contribution in [1.82, 2.24) is 24.8 Å². The Morgan fingerprint density at radius 2 is 2.21 bits per heavy atom. The van der Waals surface area contributed by atoms with E-state index in [2.05, 4.69) is 15.3 Å². The van der Waals surface area contributed by atoms with Gasteiger partial charge in [0.2, 0.25) is 0 Å². The third-order valence-corrected chi connectivity index (χ3v) is 4.73. The lowest BCUT2D eigenvalue weighted by Crippen LogP contribution is -2.32. The molecule has 8 nitrogen and oxygen atoms in total. The summed E-state index contributed by atoms with van der Waals surface area (Å²) in [6, 6.07) is 7.23. The molecule has 2 aromatic heterocycles. The van der Waals surface area contributed by atoms with Crippen LogP contribution in [0.2, 0.25) is 0 Å². The van der Waals surface area contributed by atoms with E-state index in [1.54, 1.807) is 22.9 Å². The van der Waals surface area contributed by atoms with E-state index in [0.29, 0.717) is 49.3 Å². The number of aromatic nitrogens is 4.